The number of piperidine rings is 1. The molecule has 0 unspecified atom stereocenters. The van der Waals surface area contributed by atoms with E-state index in [2.05, 4.69) is 0 Å². The van der Waals surface area contributed by atoms with Gasteiger partial charge < -0.3 is 15.4 Å². The Balaban J connectivity index is 1.93. The number of rotatable bonds is 5. The summed E-state index contributed by atoms with van der Waals surface area (Å²) in [4.78, 5) is 25.4. The molecule has 1 aromatic rings. The lowest BCUT2D eigenvalue weighted by Crippen LogP contribution is -2.47. The van der Waals surface area contributed by atoms with E-state index >= 15 is 0 Å². The van der Waals surface area contributed by atoms with Crippen LogP contribution in [-0.4, -0.2) is 35.9 Å². The molecule has 2 amide bonds. The van der Waals surface area contributed by atoms with Crippen molar-refractivity contribution in [2.75, 3.05) is 13.1 Å². The van der Waals surface area contributed by atoms with E-state index in [4.69, 9.17) is 10.5 Å². The molecular weight excluding hydrogens is 268 g/mol. The van der Waals surface area contributed by atoms with E-state index in [1.165, 1.54) is 0 Å². The van der Waals surface area contributed by atoms with E-state index in [-0.39, 0.29) is 17.7 Å². The van der Waals surface area contributed by atoms with Gasteiger partial charge in [-0.1, -0.05) is 25.1 Å². The fourth-order valence-corrected chi connectivity index (χ4v) is 2.56. The summed E-state index contributed by atoms with van der Waals surface area (Å²) in [7, 11) is 0. The highest BCUT2D eigenvalue weighted by molar-refractivity contribution is 5.82. The van der Waals surface area contributed by atoms with E-state index in [9.17, 15) is 9.59 Å². The highest BCUT2D eigenvalue weighted by Gasteiger charge is 2.30. The van der Waals surface area contributed by atoms with Gasteiger partial charge in [0.1, 0.15) is 5.75 Å². The predicted molar refractivity (Wildman–Crippen MR) is 79.6 cm³/mol. The van der Waals surface area contributed by atoms with E-state index in [0.29, 0.717) is 38.1 Å². The molecular formula is C16H22N2O3. The predicted octanol–water partition coefficient (Wildman–Crippen LogP) is 1.57. The van der Waals surface area contributed by atoms with Gasteiger partial charge >= 0.3 is 0 Å². The van der Waals surface area contributed by atoms with E-state index < -0.39 is 6.10 Å². The highest BCUT2D eigenvalue weighted by Crippen LogP contribution is 2.20. The summed E-state index contributed by atoms with van der Waals surface area (Å²) in [6.45, 7) is 3.07. The fraction of sp³-hybridized carbons (Fsp3) is 0.500. The molecule has 5 nitrogen and oxygen atoms in total. The monoisotopic (exact) mass is 290 g/mol. The molecule has 21 heavy (non-hydrogen) atoms. The third-order valence-electron chi connectivity index (χ3n) is 3.88. The number of carbonyl (C=O) groups is 2. The number of likely N-dealkylation sites (tertiary alicyclic amines) is 1. The standard InChI is InChI=1S/C16H22N2O3/c1-2-14(21-13-6-4-3-5-7-13)16(20)18-10-8-12(9-11-18)15(17)19/h3-7,12,14H,2,8-11H2,1H3,(H2,17,19)/t14-/m1/s1. The Kier molecular flexibility index (Phi) is 5.20. The summed E-state index contributed by atoms with van der Waals surface area (Å²) < 4.78 is 5.77. The molecule has 1 atom stereocenters. The minimum Gasteiger partial charge on any atom is -0.481 e. The molecule has 0 radical (unpaired) electrons. The van der Waals surface area contributed by atoms with Crippen LogP contribution in [0.4, 0.5) is 0 Å². The normalized spacial score (nSPS) is 17.3. The lowest BCUT2D eigenvalue weighted by molar-refractivity contribution is -0.141. The molecule has 114 valence electrons. The molecule has 0 aromatic heterocycles. The van der Waals surface area contributed by atoms with Crippen molar-refractivity contribution in [3.8, 4) is 5.75 Å². The second-order valence-electron chi connectivity index (χ2n) is 5.33. The maximum Gasteiger partial charge on any atom is 0.263 e. The number of primary amides is 1. The molecule has 0 aliphatic carbocycles. The smallest absolute Gasteiger partial charge is 0.263 e. The molecule has 0 bridgehead atoms. The molecule has 0 spiro atoms. The number of nitrogens with zero attached hydrogens (tertiary/aromatic N) is 1. The maximum absolute atomic E-state index is 12.5. The topological polar surface area (TPSA) is 72.6 Å². The number of benzene rings is 1. The Labute approximate surface area is 125 Å². The van der Waals surface area contributed by atoms with Crippen LogP contribution in [0.1, 0.15) is 26.2 Å². The van der Waals surface area contributed by atoms with Crippen LogP contribution >= 0.6 is 0 Å². The first-order valence-electron chi connectivity index (χ1n) is 7.41. The number of nitrogens with two attached hydrogens (primary N) is 1. The van der Waals surface area contributed by atoms with Crippen LogP contribution in [0.3, 0.4) is 0 Å². The largest absolute Gasteiger partial charge is 0.481 e. The van der Waals surface area contributed by atoms with Gasteiger partial charge in [-0.25, -0.2) is 0 Å². The number of hydrogen-bond donors (Lipinski definition) is 1. The first kappa shape index (κ1) is 15.4. The van der Waals surface area contributed by atoms with Gasteiger partial charge in [0.25, 0.3) is 5.91 Å². The lowest BCUT2D eigenvalue weighted by Gasteiger charge is -2.33. The molecule has 0 saturated carbocycles. The Morgan fingerprint density at radius 2 is 1.90 bits per heavy atom. The van der Waals surface area contributed by atoms with Gasteiger partial charge in [-0.15, -0.1) is 0 Å². The zero-order chi connectivity index (χ0) is 15.2. The summed E-state index contributed by atoms with van der Waals surface area (Å²) in [5.41, 5.74) is 5.31. The molecule has 1 aliphatic rings. The third kappa shape index (κ3) is 3.97. The molecule has 2 rings (SSSR count). The zero-order valence-corrected chi connectivity index (χ0v) is 12.3. The summed E-state index contributed by atoms with van der Waals surface area (Å²) in [6.07, 6.45) is 1.42. The SMILES string of the molecule is CC[C@@H](Oc1ccccc1)C(=O)N1CCC(C(N)=O)CC1. The molecule has 1 saturated heterocycles. The minimum absolute atomic E-state index is 0.00993. The van der Waals surface area contributed by atoms with Crippen molar-refractivity contribution in [1.29, 1.82) is 0 Å². The van der Waals surface area contributed by atoms with Crippen molar-refractivity contribution >= 4 is 11.8 Å². The Bertz CT molecular complexity index is 482. The van der Waals surface area contributed by atoms with Gasteiger partial charge in [0.15, 0.2) is 6.10 Å². The molecule has 2 N–H and O–H groups in total. The molecule has 1 heterocycles. The number of carbonyl (C=O) groups excluding carboxylic acids is 2. The molecule has 1 aromatic carbocycles. The van der Waals surface area contributed by atoms with Crippen LogP contribution in [0, 0.1) is 5.92 Å². The summed E-state index contributed by atoms with van der Waals surface area (Å²) in [5.74, 6) is 0.313. The number of para-hydroxylation sites is 1. The third-order valence-corrected chi connectivity index (χ3v) is 3.88. The molecule has 1 fully saturated rings. The summed E-state index contributed by atoms with van der Waals surface area (Å²) in [6, 6.07) is 9.35. The number of ether oxygens (including phenoxy) is 1. The van der Waals surface area contributed by atoms with Crippen molar-refractivity contribution in [3.63, 3.8) is 0 Å². The van der Waals surface area contributed by atoms with E-state index in [0.717, 1.165) is 0 Å². The van der Waals surface area contributed by atoms with Gasteiger partial charge in [-0.2, -0.15) is 0 Å². The van der Waals surface area contributed by atoms with E-state index in [1.807, 2.05) is 37.3 Å². The average molecular weight is 290 g/mol. The van der Waals surface area contributed by atoms with Crippen molar-refractivity contribution in [2.24, 2.45) is 11.7 Å². The van der Waals surface area contributed by atoms with Crippen LogP contribution in [-0.2, 0) is 9.59 Å². The Morgan fingerprint density at radius 1 is 1.29 bits per heavy atom. The van der Waals surface area contributed by atoms with Gasteiger partial charge in [0.2, 0.25) is 5.91 Å². The summed E-state index contributed by atoms with van der Waals surface area (Å²) >= 11 is 0. The first-order valence-corrected chi connectivity index (χ1v) is 7.41. The Hall–Kier alpha value is -2.04. The minimum atomic E-state index is -0.475. The van der Waals surface area contributed by atoms with Gasteiger partial charge in [0.05, 0.1) is 0 Å². The first-order chi connectivity index (χ1) is 10.1. The molecule has 5 heteroatoms. The fourth-order valence-electron chi connectivity index (χ4n) is 2.56. The summed E-state index contributed by atoms with van der Waals surface area (Å²) in [5, 5.41) is 0. The van der Waals surface area contributed by atoms with Crippen molar-refractivity contribution in [1.82, 2.24) is 4.90 Å². The molecule has 1 aliphatic heterocycles. The second kappa shape index (κ2) is 7.11. The van der Waals surface area contributed by atoms with Gasteiger partial charge in [0, 0.05) is 19.0 Å². The zero-order valence-electron chi connectivity index (χ0n) is 12.3. The number of hydrogen-bond acceptors (Lipinski definition) is 3. The van der Waals surface area contributed by atoms with Crippen molar-refractivity contribution in [3.05, 3.63) is 30.3 Å². The van der Waals surface area contributed by atoms with Crippen LogP contribution in [0.5, 0.6) is 5.75 Å². The highest BCUT2D eigenvalue weighted by atomic mass is 16.5. The quantitative estimate of drug-likeness (QED) is 0.894. The van der Waals surface area contributed by atoms with Gasteiger partial charge in [-0.3, -0.25) is 9.59 Å². The maximum atomic E-state index is 12.5. The van der Waals surface area contributed by atoms with Crippen molar-refractivity contribution < 1.29 is 14.3 Å². The van der Waals surface area contributed by atoms with Crippen LogP contribution in [0.15, 0.2) is 30.3 Å². The number of amides is 2. The van der Waals surface area contributed by atoms with Crippen LogP contribution < -0.4 is 10.5 Å². The lowest BCUT2D eigenvalue weighted by atomic mass is 9.96. The van der Waals surface area contributed by atoms with Crippen LogP contribution in [0.2, 0.25) is 0 Å². The Morgan fingerprint density at radius 3 is 2.43 bits per heavy atom. The van der Waals surface area contributed by atoms with Crippen molar-refractivity contribution in [2.45, 2.75) is 32.3 Å². The second-order valence-corrected chi connectivity index (χ2v) is 5.33. The van der Waals surface area contributed by atoms with Gasteiger partial charge in [-0.05, 0) is 31.4 Å². The average Bonchev–Trinajstić information content (AvgIpc) is 2.53. The van der Waals surface area contributed by atoms with E-state index in [1.54, 1.807) is 4.90 Å². The van der Waals surface area contributed by atoms with Crippen LogP contribution in [0.25, 0.3) is 0 Å².